The van der Waals surface area contributed by atoms with Gasteiger partial charge in [-0.2, -0.15) is 4.98 Å². The lowest BCUT2D eigenvalue weighted by Crippen LogP contribution is -1.82. The van der Waals surface area contributed by atoms with Gasteiger partial charge in [0, 0.05) is 11.6 Å². The maximum Gasteiger partial charge on any atom is 0.262 e. The molecular formula is C10H6N4O2S. The van der Waals surface area contributed by atoms with Gasteiger partial charge in [0.2, 0.25) is 5.82 Å². The van der Waals surface area contributed by atoms with E-state index in [-0.39, 0.29) is 11.6 Å². The van der Waals surface area contributed by atoms with E-state index < -0.39 is 0 Å². The minimum atomic E-state index is 0.000905. The SMILES string of the molecule is Oc1cnccc1-c1nc(-c2cscn2)no1. The van der Waals surface area contributed by atoms with E-state index in [1.54, 1.807) is 17.8 Å². The third-order valence-electron chi connectivity index (χ3n) is 2.12. The van der Waals surface area contributed by atoms with Crippen LogP contribution in [0.4, 0.5) is 0 Å². The molecule has 0 aromatic carbocycles. The van der Waals surface area contributed by atoms with E-state index >= 15 is 0 Å². The first-order chi connectivity index (χ1) is 8.34. The molecule has 0 aliphatic heterocycles. The summed E-state index contributed by atoms with van der Waals surface area (Å²) in [5.74, 6) is 0.645. The normalized spacial score (nSPS) is 10.6. The number of aromatic hydroxyl groups is 1. The molecule has 3 rings (SSSR count). The lowest BCUT2D eigenvalue weighted by atomic mass is 10.2. The van der Waals surface area contributed by atoms with Crippen molar-refractivity contribution < 1.29 is 9.63 Å². The summed E-state index contributed by atoms with van der Waals surface area (Å²) in [6, 6.07) is 1.60. The molecule has 3 heterocycles. The van der Waals surface area contributed by atoms with Crippen molar-refractivity contribution >= 4 is 11.3 Å². The van der Waals surface area contributed by atoms with Gasteiger partial charge in [0.15, 0.2) is 0 Å². The molecule has 0 unspecified atom stereocenters. The summed E-state index contributed by atoms with van der Waals surface area (Å²) in [6.07, 6.45) is 2.86. The Morgan fingerprint density at radius 1 is 1.35 bits per heavy atom. The van der Waals surface area contributed by atoms with Gasteiger partial charge in [-0.05, 0) is 6.07 Å². The number of hydrogen-bond donors (Lipinski definition) is 1. The van der Waals surface area contributed by atoms with Crippen molar-refractivity contribution in [2.75, 3.05) is 0 Å². The zero-order chi connectivity index (χ0) is 11.7. The summed E-state index contributed by atoms with van der Waals surface area (Å²) >= 11 is 1.45. The molecule has 7 heteroatoms. The van der Waals surface area contributed by atoms with Crippen LogP contribution in [0.1, 0.15) is 0 Å². The summed E-state index contributed by atoms with van der Waals surface area (Å²) < 4.78 is 5.07. The number of pyridine rings is 1. The molecule has 0 atom stereocenters. The summed E-state index contributed by atoms with van der Waals surface area (Å²) in [5.41, 5.74) is 2.79. The first-order valence-electron chi connectivity index (χ1n) is 4.70. The summed E-state index contributed by atoms with van der Waals surface area (Å²) in [7, 11) is 0. The minimum absolute atomic E-state index is 0.000905. The van der Waals surface area contributed by atoms with Crippen LogP contribution in [-0.4, -0.2) is 25.2 Å². The van der Waals surface area contributed by atoms with Crippen LogP contribution in [0.2, 0.25) is 0 Å². The summed E-state index contributed by atoms with van der Waals surface area (Å²) in [6.45, 7) is 0. The molecule has 3 aromatic rings. The van der Waals surface area contributed by atoms with E-state index in [2.05, 4.69) is 20.1 Å². The lowest BCUT2D eigenvalue weighted by Gasteiger charge is -1.95. The molecule has 0 spiro atoms. The fourth-order valence-electron chi connectivity index (χ4n) is 1.33. The first kappa shape index (κ1) is 9.91. The highest BCUT2D eigenvalue weighted by molar-refractivity contribution is 7.07. The quantitative estimate of drug-likeness (QED) is 0.744. The summed E-state index contributed by atoms with van der Waals surface area (Å²) in [4.78, 5) is 12.0. The predicted molar refractivity (Wildman–Crippen MR) is 60.3 cm³/mol. The molecule has 0 aliphatic carbocycles. The van der Waals surface area contributed by atoms with Crippen molar-refractivity contribution in [3.8, 4) is 28.7 Å². The molecule has 0 aliphatic rings. The van der Waals surface area contributed by atoms with Gasteiger partial charge in [-0.1, -0.05) is 5.16 Å². The Hall–Kier alpha value is -2.28. The van der Waals surface area contributed by atoms with Gasteiger partial charge < -0.3 is 9.63 Å². The zero-order valence-corrected chi connectivity index (χ0v) is 9.26. The van der Waals surface area contributed by atoms with E-state index in [9.17, 15) is 5.11 Å². The van der Waals surface area contributed by atoms with Gasteiger partial charge in [-0.15, -0.1) is 11.3 Å². The second kappa shape index (κ2) is 3.95. The van der Waals surface area contributed by atoms with Gasteiger partial charge in [-0.3, -0.25) is 4.98 Å². The number of hydrogen-bond acceptors (Lipinski definition) is 7. The fourth-order valence-corrected chi connectivity index (χ4v) is 1.86. The van der Waals surface area contributed by atoms with Crippen molar-refractivity contribution in [2.24, 2.45) is 0 Å². The lowest BCUT2D eigenvalue weighted by molar-refractivity contribution is 0.425. The van der Waals surface area contributed by atoms with Crippen LogP contribution in [0.15, 0.2) is 33.9 Å². The largest absolute Gasteiger partial charge is 0.505 e. The molecule has 0 fully saturated rings. The van der Waals surface area contributed by atoms with Crippen LogP contribution in [0.3, 0.4) is 0 Å². The molecule has 0 saturated heterocycles. The van der Waals surface area contributed by atoms with Crippen LogP contribution in [0.5, 0.6) is 5.75 Å². The number of nitrogens with zero attached hydrogens (tertiary/aromatic N) is 4. The number of aromatic nitrogens is 4. The average Bonchev–Trinajstić information content (AvgIpc) is 3.00. The van der Waals surface area contributed by atoms with Crippen LogP contribution in [-0.2, 0) is 0 Å². The predicted octanol–water partition coefficient (Wildman–Crippen LogP) is 1.96. The number of rotatable bonds is 2. The molecule has 3 aromatic heterocycles. The van der Waals surface area contributed by atoms with Crippen molar-refractivity contribution in [1.29, 1.82) is 0 Å². The van der Waals surface area contributed by atoms with Crippen molar-refractivity contribution in [2.45, 2.75) is 0 Å². The Morgan fingerprint density at radius 2 is 2.29 bits per heavy atom. The van der Waals surface area contributed by atoms with Gasteiger partial charge >= 0.3 is 0 Å². The van der Waals surface area contributed by atoms with Crippen molar-refractivity contribution in [1.82, 2.24) is 20.1 Å². The Morgan fingerprint density at radius 3 is 3.06 bits per heavy atom. The van der Waals surface area contributed by atoms with Gasteiger partial charge in [-0.25, -0.2) is 4.98 Å². The maximum absolute atomic E-state index is 9.60. The van der Waals surface area contributed by atoms with Crippen LogP contribution in [0, 0.1) is 0 Å². The first-order valence-corrected chi connectivity index (χ1v) is 5.64. The highest BCUT2D eigenvalue weighted by atomic mass is 32.1. The standard InChI is InChI=1S/C10H6N4O2S/c15-8-3-11-2-1-6(8)10-13-9(14-16-10)7-4-17-5-12-7/h1-5,15H. The highest BCUT2D eigenvalue weighted by Crippen LogP contribution is 2.27. The molecule has 84 valence electrons. The van der Waals surface area contributed by atoms with Crippen LogP contribution < -0.4 is 0 Å². The zero-order valence-electron chi connectivity index (χ0n) is 8.44. The average molecular weight is 246 g/mol. The van der Waals surface area contributed by atoms with Crippen molar-refractivity contribution in [3.63, 3.8) is 0 Å². The molecule has 0 bridgehead atoms. The Labute approximate surface area is 99.6 Å². The third kappa shape index (κ3) is 1.76. The Kier molecular flexibility index (Phi) is 2.30. The molecule has 0 amide bonds. The molecule has 0 saturated carbocycles. The van der Waals surface area contributed by atoms with Gasteiger partial charge in [0.1, 0.15) is 11.4 Å². The maximum atomic E-state index is 9.60. The monoisotopic (exact) mass is 246 g/mol. The smallest absolute Gasteiger partial charge is 0.262 e. The van der Waals surface area contributed by atoms with E-state index in [0.29, 0.717) is 17.1 Å². The molecule has 17 heavy (non-hydrogen) atoms. The second-order valence-corrected chi connectivity index (χ2v) is 3.91. The second-order valence-electron chi connectivity index (χ2n) is 3.19. The van der Waals surface area contributed by atoms with Crippen molar-refractivity contribution in [3.05, 3.63) is 29.4 Å². The topological polar surface area (TPSA) is 84.9 Å². The minimum Gasteiger partial charge on any atom is -0.505 e. The third-order valence-corrected chi connectivity index (χ3v) is 2.70. The van der Waals surface area contributed by atoms with Gasteiger partial charge in [0.05, 0.1) is 17.3 Å². The number of thiazole rings is 1. The van der Waals surface area contributed by atoms with E-state index in [0.717, 1.165) is 0 Å². The molecular weight excluding hydrogens is 240 g/mol. The highest BCUT2D eigenvalue weighted by Gasteiger charge is 2.14. The van der Waals surface area contributed by atoms with Crippen LogP contribution in [0.25, 0.3) is 23.0 Å². The Balaban J connectivity index is 2.04. The van der Waals surface area contributed by atoms with E-state index in [1.807, 2.05) is 5.38 Å². The van der Waals surface area contributed by atoms with Gasteiger partial charge in [0.25, 0.3) is 5.89 Å². The van der Waals surface area contributed by atoms with Crippen LogP contribution >= 0.6 is 11.3 Å². The van der Waals surface area contributed by atoms with E-state index in [1.165, 1.54) is 17.5 Å². The summed E-state index contributed by atoms with van der Waals surface area (Å²) in [5, 5.41) is 15.2. The molecule has 1 N–H and O–H groups in total. The van der Waals surface area contributed by atoms with E-state index in [4.69, 9.17) is 4.52 Å². The molecule has 6 nitrogen and oxygen atoms in total. The molecule has 0 radical (unpaired) electrons. The Bertz CT molecular complexity index is 635. The fraction of sp³-hybridized carbons (Fsp3) is 0.